The number of benzene rings is 1. The van der Waals surface area contributed by atoms with E-state index in [1.165, 1.54) is 43.2 Å². The van der Waals surface area contributed by atoms with Crippen LogP contribution in [0.5, 0.6) is 0 Å². The summed E-state index contributed by atoms with van der Waals surface area (Å²) < 4.78 is 0. The lowest BCUT2D eigenvalue weighted by atomic mass is 9.68. The molecule has 18 heavy (non-hydrogen) atoms. The van der Waals surface area contributed by atoms with Gasteiger partial charge in [-0.25, -0.2) is 0 Å². The molecule has 0 aromatic heterocycles. The van der Waals surface area contributed by atoms with Gasteiger partial charge in [0.2, 0.25) is 0 Å². The fourth-order valence-electron chi connectivity index (χ4n) is 3.38. The van der Waals surface area contributed by atoms with Gasteiger partial charge >= 0.3 is 0 Å². The van der Waals surface area contributed by atoms with Crippen LogP contribution in [0.15, 0.2) is 24.3 Å². The maximum absolute atomic E-state index is 3.73. The lowest BCUT2D eigenvalue weighted by Gasteiger charge is -2.41. The molecule has 1 aliphatic carbocycles. The van der Waals surface area contributed by atoms with Crippen molar-refractivity contribution in [1.29, 1.82) is 0 Å². The van der Waals surface area contributed by atoms with E-state index in [2.05, 4.69) is 50.4 Å². The highest BCUT2D eigenvalue weighted by atomic mass is 14.9. The lowest BCUT2D eigenvalue weighted by molar-refractivity contribution is 0.146. The third-order valence-corrected chi connectivity index (χ3v) is 4.51. The highest BCUT2D eigenvalue weighted by Crippen LogP contribution is 2.45. The van der Waals surface area contributed by atoms with Crippen LogP contribution in [0, 0.1) is 12.3 Å². The van der Waals surface area contributed by atoms with Crippen molar-refractivity contribution in [3.8, 4) is 0 Å². The molecule has 100 valence electrons. The van der Waals surface area contributed by atoms with Gasteiger partial charge < -0.3 is 5.32 Å². The molecule has 1 aromatic rings. The summed E-state index contributed by atoms with van der Waals surface area (Å²) in [5.74, 6) is 0. The monoisotopic (exact) mass is 245 g/mol. The largest absolute Gasteiger partial charge is 0.310 e. The summed E-state index contributed by atoms with van der Waals surface area (Å²) in [4.78, 5) is 0. The molecule has 1 unspecified atom stereocenters. The Labute approximate surface area is 112 Å². The van der Waals surface area contributed by atoms with Gasteiger partial charge in [0.1, 0.15) is 0 Å². The van der Waals surface area contributed by atoms with Crippen molar-refractivity contribution in [1.82, 2.24) is 5.32 Å². The number of hydrogen-bond acceptors (Lipinski definition) is 1. The van der Waals surface area contributed by atoms with E-state index in [9.17, 15) is 0 Å². The van der Waals surface area contributed by atoms with Crippen LogP contribution in [0.2, 0.25) is 0 Å². The molecule has 1 aliphatic rings. The van der Waals surface area contributed by atoms with E-state index in [1.807, 2.05) is 0 Å². The smallest absolute Gasteiger partial charge is 0.0374 e. The molecule has 1 saturated carbocycles. The summed E-state index contributed by atoms with van der Waals surface area (Å²) in [6, 6.07) is 9.62. The van der Waals surface area contributed by atoms with Crippen LogP contribution in [0.4, 0.5) is 0 Å². The molecule has 1 N–H and O–H groups in total. The minimum Gasteiger partial charge on any atom is -0.310 e. The average Bonchev–Trinajstić information content (AvgIpc) is 2.38. The first-order chi connectivity index (χ1) is 8.65. The Balaban J connectivity index is 2.23. The number of rotatable bonds is 4. The van der Waals surface area contributed by atoms with Crippen LogP contribution in [0.3, 0.4) is 0 Å². The lowest BCUT2D eigenvalue weighted by Crippen LogP contribution is -2.37. The minimum atomic E-state index is 0.434. The molecule has 0 aliphatic heterocycles. The molecule has 0 saturated heterocycles. The average molecular weight is 245 g/mol. The van der Waals surface area contributed by atoms with Gasteiger partial charge in [-0.3, -0.25) is 0 Å². The maximum Gasteiger partial charge on any atom is 0.0374 e. The van der Waals surface area contributed by atoms with Crippen molar-refractivity contribution in [3.05, 3.63) is 35.4 Å². The van der Waals surface area contributed by atoms with Gasteiger partial charge in [-0.1, -0.05) is 62.9 Å². The number of aryl methyl sites for hydroxylation is 1. The molecule has 2 rings (SSSR count). The van der Waals surface area contributed by atoms with Crippen molar-refractivity contribution < 1.29 is 0 Å². The standard InChI is InChI=1S/C17H27N/c1-4-18-16(15-10-8-14(2)9-11-15)17(3)12-6-5-7-13-17/h8-11,16,18H,4-7,12-13H2,1-3H3. The highest BCUT2D eigenvalue weighted by molar-refractivity contribution is 5.26. The van der Waals surface area contributed by atoms with E-state index in [0.717, 1.165) is 6.54 Å². The van der Waals surface area contributed by atoms with Gasteiger partial charge in [0.05, 0.1) is 0 Å². The van der Waals surface area contributed by atoms with Crippen molar-refractivity contribution >= 4 is 0 Å². The molecule has 1 fully saturated rings. The van der Waals surface area contributed by atoms with E-state index in [4.69, 9.17) is 0 Å². The Bertz CT molecular complexity index is 360. The molecule has 0 bridgehead atoms. The van der Waals surface area contributed by atoms with Crippen LogP contribution in [-0.2, 0) is 0 Å². The van der Waals surface area contributed by atoms with Crippen LogP contribution >= 0.6 is 0 Å². The van der Waals surface area contributed by atoms with Gasteiger partial charge in [-0.2, -0.15) is 0 Å². The zero-order valence-corrected chi connectivity index (χ0v) is 12.1. The molecule has 1 nitrogen and oxygen atoms in total. The van der Waals surface area contributed by atoms with Crippen molar-refractivity contribution in [2.24, 2.45) is 5.41 Å². The summed E-state index contributed by atoms with van der Waals surface area (Å²) in [7, 11) is 0. The van der Waals surface area contributed by atoms with Gasteiger partial charge in [0, 0.05) is 6.04 Å². The first-order valence-corrected chi connectivity index (χ1v) is 7.46. The molecule has 1 heteroatoms. The SMILES string of the molecule is CCNC(c1ccc(C)cc1)C1(C)CCCCC1. The fourth-order valence-corrected chi connectivity index (χ4v) is 3.38. The zero-order valence-electron chi connectivity index (χ0n) is 12.1. The van der Waals surface area contributed by atoms with E-state index in [1.54, 1.807) is 0 Å². The Morgan fingerprint density at radius 2 is 1.72 bits per heavy atom. The predicted molar refractivity (Wildman–Crippen MR) is 78.8 cm³/mol. The molecule has 0 heterocycles. The molecule has 0 amide bonds. The van der Waals surface area contributed by atoms with E-state index in [-0.39, 0.29) is 0 Å². The Hall–Kier alpha value is -0.820. The van der Waals surface area contributed by atoms with Crippen LogP contribution in [0.1, 0.15) is 63.1 Å². The first kappa shape index (κ1) is 13.6. The Kier molecular flexibility index (Phi) is 4.45. The van der Waals surface area contributed by atoms with Crippen LogP contribution in [0.25, 0.3) is 0 Å². The highest BCUT2D eigenvalue weighted by Gasteiger charge is 2.35. The fraction of sp³-hybridized carbons (Fsp3) is 0.647. The Morgan fingerprint density at radius 1 is 1.11 bits per heavy atom. The van der Waals surface area contributed by atoms with Crippen LogP contribution in [-0.4, -0.2) is 6.54 Å². The molecular weight excluding hydrogens is 218 g/mol. The minimum absolute atomic E-state index is 0.434. The summed E-state index contributed by atoms with van der Waals surface area (Å²) >= 11 is 0. The summed E-state index contributed by atoms with van der Waals surface area (Å²) in [6.45, 7) is 7.90. The second-order valence-corrected chi connectivity index (χ2v) is 6.12. The third kappa shape index (κ3) is 2.95. The summed E-state index contributed by atoms with van der Waals surface area (Å²) in [6.07, 6.45) is 6.92. The maximum atomic E-state index is 3.73. The molecule has 0 spiro atoms. The normalized spacial score (nSPS) is 20.6. The van der Waals surface area contributed by atoms with E-state index in [0.29, 0.717) is 11.5 Å². The van der Waals surface area contributed by atoms with Gasteiger partial charge in [-0.15, -0.1) is 0 Å². The number of nitrogens with one attached hydrogen (secondary N) is 1. The van der Waals surface area contributed by atoms with Gasteiger partial charge in [-0.05, 0) is 37.3 Å². The third-order valence-electron chi connectivity index (χ3n) is 4.51. The molecular formula is C17H27N. The van der Waals surface area contributed by atoms with Crippen molar-refractivity contribution in [3.63, 3.8) is 0 Å². The van der Waals surface area contributed by atoms with Gasteiger partial charge in [0.15, 0.2) is 0 Å². The predicted octanol–water partition coefficient (Wildman–Crippen LogP) is 4.62. The van der Waals surface area contributed by atoms with Gasteiger partial charge in [0.25, 0.3) is 0 Å². The van der Waals surface area contributed by atoms with Crippen molar-refractivity contribution in [2.75, 3.05) is 6.54 Å². The number of hydrogen-bond donors (Lipinski definition) is 1. The summed E-state index contributed by atoms with van der Waals surface area (Å²) in [5, 5.41) is 3.73. The van der Waals surface area contributed by atoms with E-state index >= 15 is 0 Å². The quantitative estimate of drug-likeness (QED) is 0.816. The zero-order chi connectivity index (χ0) is 13.0. The molecule has 0 radical (unpaired) electrons. The van der Waals surface area contributed by atoms with Crippen molar-refractivity contribution in [2.45, 2.75) is 58.9 Å². The topological polar surface area (TPSA) is 12.0 Å². The first-order valence-electron chi connectivity index (χ1n) is 7.46. The summed E-state index contributed by atoms with van der Waals surface area (Å²) in [5.41, 5.74) is 3.25. The second kappa shape index (κ2) is 5.88. The molecule has 1 aromatic carbocycles. The second-order valence-electron chi connectivity index (χ2n) is 6.12. The Morgan fingerprint density at radius 3 is 2.28 bits per heavy atom. The van der Waals surface area contributed by atoms with E-state index < -0.39 is 0 Å². The van der Waals surface area contributed by atoms with Crippen LogP contribution < -0.4 is 5.32 Å². The molecule has 1 atom stereocenters.